The number of nitrogens with zero attached hydrogens (tertiary/aromatic N) is 3. The molecular formula is C24H32ClN3O4. The summed E-state index contributed by atoms with van der Waals surface area (Å²) in [5.74, 6) is 1.49. The summed E-state index contributed by atoms with van der Waals surface area (Å²) in [5, 5.41) is 0.377. The van der Waals surface area contributed by atoms with Gasteiger partial charge in [0, 0.05) is 12.6 Å². The molecule has 0 spiro atoms. The van der Waals surface area contributed by atoms with E-state index in [-0.39, 0.29) is 18.7 Å². The number of anilines is 2. The van der Waals surface area contributed by atoms with Crippen LogP contribution in [0.1, 0.15) is 40.2 Å². The molecule has 1 fully saturated rings. The van der Waals surface area contributed by atoms with E-state index in [4.69, 9.17) is 25.8 Å². The predicted octanol–water partition coefficient (Wildman–Crippen LogP) is 5.30. The summed E-state index contributed by atoms with van der Waals surface area (Å²) in [6, 6.07) is 9.54. The summed E-state index contributed by atoms with van der Waals surface area (Å²) in [6.07, 6.45) is 1.19. The molecule has 2 atom stereocenters. The molecule has 32 heavy (non-hydrogen) atoms. The molecule has 0 saturated carbocycles. The average Bonchev–Trinajstić information content (AvgIpc) is 2.74. The molecule has 1 aliphatic heterocycles. The van der Waals surface area contributed by atoms with Crippen molar-refractivity contribution >= 4 is 29.2 Å². The number of amides is 1. The zero-order valence-corrected chi connectivity index (χ0v) is 20.3. The van der Waals surface area contributed by atoms with Crippen molar-refractivity contribution in [1.82, 2.24) is 4.98 Å². The molecule has 7 nitrogen and oxygen atoms in total. The van der Waals surface area contributed by atoms with E-state index in [0.717, 1.165) is 17.1 Å². The Morgan fingerprint density at radius 2 is 1.97 bits per heavy atom. The molecule has 8 heteroatoms. The Hall–Kier alpha value is -2.51. The first-order valence-electron chi connectivity index (χ1n) is 10.8. The van der Waals surface area contributed by atoms with Crippen LogP contribution in [-0.4, -0.2) is 49.1 Å². The average molecular weight is 462 g/mol. The molecule has 1 amide bonds. The Bertz CT molecular complexity index is 930. The molecule has 1 aromatic heterocycles. The van der Waals surface area contributed by atoms with Gasteiger partial charge in [0.1, 0.15) is 17.2 Å². The third-order valence-electron chi connectivity index (χ3n) is 5.40. The Morgan fingerprint density at radius 1 is 1.28 bits per heavy atom. The minimum Gasteiger partial charge on any atom is -0.497 e. The van der Waals surface area contributed by atoms with E-state index in [1.54, 1.807) is 18.2 Å². The molecule has 0 N–H and O–H groups in total. The first-order valence-corrected chi connectivity index (χ1v) is 11.1. The highest BCUT2D eigenvalue weighted by Crippen LogP contribution is 2.33. The smallest absolute Gasteiger partial charge is 0.415 e. The van der Waals surface area contributed by atoms with Crippen molar-refractivity contribution in [2.75, 3.05) is 30.1 Å². The van der Waals surface area contributed by atoms with Gasteiger partial charge < -0.3 is 19.1 Å². The Kier molecular flexibility index (Phi) is 7.51. The Morgan fingerprint density at radius 3 is 2.59 bits per heavy atom. The van der Waals surface area contributed by atoms with Gasteiger partial charge in [-0.05, 0) is 52.3 Å². The highest BCUT2D eigenvalue weighted by Gasteiger charge is 2.29. The van der Waals surface area contributed by atoms with Gasteiger partial charge in [0.2, 0.25) is 0 Å². The van der Waals surface area contributed by atoms with E-state index in [2.05, 4.69) is 16.8 Å². The lowest BCUT2D eigenvalue weighted by atomic mass is 10.1. The van der Waals surface area contributed by atoms with Crippen molar-refractivity contribution in [2.24, 2.45) is 0 Å². The van der Waals surface area contributed by atoms with Crippen LogP contribution >= 0.6 is 11.6 Å². The lowest BCUT2D eigenvalue weighted by molar-refractivity contribution is 0.0281. The lowest BCUT2D eigenvalue weighted by Gasteiger charge is -2.39. The number of methoxy groups -OCH3 is 1. The van der Waals surface area contributed by atoms with Crippen molar-refractivity contribution in [3.05, 3.63) is 47.1 Å². The molecule has 1 saturated heterocycles. The van der Waals surface area contributed by atoms with Crippen LogP contribution in [0.2, 0.25) is 5.02 Å². The second-order valence-electron chi connectivity index (χ2n) is 8.92. The molecule has 2 heterocycles. The summed E-state index contributed by atoms with van der Waals surface area (Å²) in [4.78, 5) is 21.5. The van der Waals surface area contributed by atoms with E-state index in [1.807, 2.05) is 58.0 Å². The van der Waals surface area contributed by atoms with Crippen molar-refractivity contribution in [2.45, 2.75) is 58.9 Å². The molecule has 0 aliphatic carbocycles. The number of hydrogen-bond donors (Lipinski definition) is 0. The number of rotatable bonds is 5. The van der Waals surface area contributed by atoms with Gasteiger partial charge in [0.05, 0.1) is 49.3 Å². The zero-order chi connectivity index (χ0) is 23.5. The van der Waals surface area contributed by atoms with E-state index >= 15 is 0 Å². The Labute approximate surface area is 195 Å². The molecule has 2 unspecified atom stereocenters. The van der Waals surface area contributed by atoms with Gasteiger partial charge in [-0.2, -0.15) is 0 Å². The number of aromatic nitrogens is 1. The van der Waals surface area contributed by atoms with Crippen LogP contribution in [0.25, 0.3) is 0 Å². The maximum absolute atomic E-state index is 13.2. The lowest BCUT2D eigenvalue weighted by Crippen LogP contribution is -2.49. The van der Waals surface area contributed by atoms with Crippen molar-refractivity contribution < 1.29 is 19.0 Å². The van der Waals surface area contributed by atoms with E-state index in [9.17, 15) is 4.79 Å². The first-order chi connectivity index (χ1) is 15.1. The summed E-state index contributed by atoms with van der Waals surface area (Å²) in [5.41, 5.74) is 0.818. The van der Waals surface area contributed by atoms with Crippen LogP contribution in [0.15, 0.2) is 36.5 Å². The number of hydrogen-bond acceptors (Lipinski definition) is 6. The number of morpholine rings is 1. The van der Waals surface area contributed by atoms with Gasteiger partial charge in [-0.3, -0.25) is 4.90 Å². The third kappa shape index (κ3) is 5.84. The number of pyridine rings is 1. The number of ether oxygens (including phenoxy) is 3. The second kappa shape index (κ2) is 9.96. The summed E-state index contributed by atoms with van der Waals surface area (Å²) >= 11 is 6.55. The highest BCUT2D eigenvalue weighted by atomic mass is 35.5. The van der Waals surface area contributed by atoms with Crippen molar-refractivity contribution in [3.63, 3.8) is 0 Å². The van der Waals surface area contributed by atoms with Gasteiger partial charge >= 0.3 is 6.09 Å². The summed E-state index contributed by atoms with van der Waals surface area (Å²) in [6.45, 7) is 11.3. The number of halogens is 1. The summed E-state index contributed by atoms with van der Waals surface area (Å²) in [7, 11) is 1.62. The second-order valence-corrected chi connectivity index (χ2v) is 9.33. The van der Waals surface area contributed by atoms with Crippen molar-refractivity contribution in [1.29, 1.82) is 0 Å². The molecule has 0 radical (unpaired) electrons. The maximum Gasteiger partial charge on any atom is 0.415 e. The molecule has 0 bridgehead atoms. The molecular weight excluding hydrogens is 430 g/mol. The monoisotopic (exact) mass is 461 g/mol. The largest absolute Gasteiger partial charge is 0.497 e. The fourth-order valence-electron chi connectivity index (χ4n) is 3.52. The van der Waals surface area contributed by atoms with Crippen LogP contribution in [-0.2, 0) is 16.0 Å². The SMILES string of the molecule is COc1ccc(CN(C(=O)OC(C)(C)C)c2cc(N3CCOC(C)C3C)ncc2Cl)cc1. The zero-order valence-electron chi connectivity index (χ0n) is 19.6. The van der Waals surface area contributed by atoms with Crippen molar-refractivity contribution in [3.8, 4) is 5.75 Å². The van der Waals surface area contributed by atoms with Gasteiger partial charge in [0.15, 0.2) is 0 Å². The van der Waals surface area contributed by atoms with E-state index in [1.165, 1.54) is 0 Å². The number of benzene rings is 1. The normalized spacial score (nSPS) is 18.9. The molecule has 1 aliphatic rings. The van der Waals surface area contributed by atoms with Gasteiger partial charge in [0.25, 0.3) is 0 Å². The molecule has 174 valence electrons. The van der Waals surface area contributed by atoms with Crippen LogP contribution in [0.4, 0.5) is 16.3 Å². The maximum atomic E-state index is 13.2. The molecule has 2 aromatic rings. The Balaban J connectivity index is 1.98. The molecule has 3 rings (SSSR count). The minimum absolute atomic E-state index is 0.0749. The van der Waals surface area contributed by atoms with Crippen LogP contribution in [0.5, 0.6) is 5.75 Å². The first kappa shape index (κ1) is 24.1. The summed E-state index contributed by atoms with van der Waals surface area (Å²) < 4.78 is 16.7. The van der Waals surface area contributed by atoms with Crippen LogP contribution in [0, 0.1) is 0 Å². The standard InChI is InChI=1S/C24H32ClN3O4/c1-16-17(2)31-12-11-27(16)22-13-21(20(25)14-26-22)28(23(29)32-24(3,4)5)15-18-7-9-19(30-6)10-8-18/h7-10,13-14,16-17H,11-12,15H2,1-6H3. The number of carbonyl (C=O) groups excluding carboxylic acids is 1. The highest BCUT2D eigenvalue weighted by molar-refractivity contribution is 6.33. The fraction of sp³-hybridized carbons (Fsp3) is 0.500. The third-order valence-corrected chi connectivity index (χ3v) is 5.69. The van der Waals surface area contributed by atoms with Gasteiger partial charge in [-0.25, -0.2) is 9.78 Å². The van der Waals surface area contributed by atoms with Gasteiger partial charge in [-0.15, -0.1) is 0 Å². The minimum atomic E-state index is -0.647. The van der Waals surface area contributed by atoms with Crippen LogP contribution < -0.4 is 14.5 Å². The number of carbonyl (C=O) groups is 1. The fourth-order valence-corrected chi connectivity index (χ4v) is 3.72. The van der Waals surface area contributed by atoms with Crippen LogP contribution in [0.3, 0.4) is 0 Å². The van der Waals surface area contributed by atoms with E-state index in [0.29, 0.717) is 23.9 Å². The van der Waals surface area contributed by atoms with Gasteiger partial charge in [-0.1, -0.05) is 23.7 Å². The molecule has 1 aromatic carbocycles. The predicted molar refractivity (Wildman–Crippen MR) is 127 cm³/mol. The van der Waals surface area contributed by atoms with E-state index < -0.39 is 11.7 Å². The topological polar surface area (TPSA) is 64.1 Å². The quantitative estimate of drug-likeness (QED) is 0.602.